The Morgan fingerprint density at radius 3 is 2.60 bits per heavy atom. The average Bonchev–Trinajstić information content (AvgIpc) is 3.19. The summed E-state index contributed by atoms with van der Waals surface area (Å²) in [7, 11) is 0. The van der Waals surface area contributed by atoms with E-state index in [4.69, 9.17) is 21.9 Å². The Morgan fingerprint density at radius 1 is 1.07 bits per heavy atom. The zero-order chi connectivity index (χ0) is 21.1. The molecule has 2 aromatic heterocycles. The Labute approximate surface area is 184 Å². The third kappa shape index (κ3) is 4.66. The first kappa shape index (κ1) is 20.4. The molecule has 0 spiro atoms. The molecule has 0 aliphatic carbocycles. The van der Waals surface area contributed by atoms with Gasteiger partial charge in [-0.05, 0) is 60.9 Å². The molecule has 2 heterocycles. The molecule has 0 bridgehead atoms. The number of nitrogen functional groups attached to an aromatic ring is 1. The molecule has 0 aliphatic heterocycles. The molecular weight excluding hydrogens is 416 g/mol. The number of hydrogen-bond donors (Lipinski definition) is 1. The predicted molar refractivity (Wildman–Crippen MR) is 121 cm³/mol. The van der Waals surface area contributed by atoms with Gasteiger partial charge in [0.1, 0.15) is 11.1 Å². The van der Waals surface area contributed by atoms with E-state index in [0.29, 0.717) is 29.0 Å². The lowest BCUT2D eigenvalue weighted by Crippen LogP contribution is -2.01. The molecule has 152 valence electrons. The van der Waals surface area contributed by atoms with E-state index in [1.54, 1.807) is 18.0 Å². The summed E-state index contributed by atoms with van der Waals surface area (Å²) in [5.41, 5.74) is 10.4. The second-order valence-electron chi connectivity index (χ2n) is 7.07. The Kier molecular flexibility index (Phi) is 6.06. The number of rotatable bonds is 6. The largest absolute Gasteiger partial charge is 0.383 e. The van der Waals surface area contributed by atoms with E-state index in [1.807, 2.05) is 36.4 Å². The summed E-state index contributed by atoms with van der Waals surface area (Å²) in [6.45, 7) is 4.22. The van der Waals surface area contributed by atoms with Crippen LogP contribution >= 0.6 is 23.4 Å². The van der Waals surface area contributed by atoms with Crippen molar-refractivity contribution >= 4 is 29.2 Å². The molecule has 1 unspecified atom stereocenters. The van der Waals surface area contributed by atoms with Gasteiger partial charge in [-0.2, -0.15) is 4.98 Å². The molecule has 4 rings (SSSR count). The van der Waals surface area contributed by atoms with Crippen LogP contribution in [-0.4, -0.2) is 15.1 Å². The first-order valence-corrected chi connectivity index (χ1v) is 10.8. The van der Waals surface area contributed by atoms with Crippen LogP contribution in [0, 0.1) is 13.8 Å². The molecule has 7 heteroatoms. The summed E-state index contributed by atoms with van der Waals surface area (Å²) in [5, 5.41) is 4.71. The predicted octanol–water partition coefficient (Wildman–Crippen LogP) is 5.79. The first-order valence-electron chi connectivity index (χ1n) is 9.51. The van der Waals surface area contributed by atoms with Crippen molar-refractivity contribution in [2.24, 2.45) is 0 Å². The summed E-state index contributed by atoms with van der Waals surface area (Å²) in [6.07, 6.45) is 2.13. The molecule has 0 saturated carbocycles. The Balaban J connectivity index is 1.65. The van der Waals surface area contributed by atoms with Gasteiger partial charge in [0.2, 0.25) is 5.89 Å². The van der Waals surface area contributed by atoms with Gasteiger partial charge in [0, 0.05) is 28.1 Å². The number of pyridine rings is 1. The van der Waals surface area contributed by atoms with Crippen molar-refractivity contribution in [3.05, 3.63) is 99.8 Å². The lowest BCUT2D eigenvalue weighted by Gasteiger charge is -2.14. The number of nitrogens with zero attached hydrogens (tertiary/aromatic N) is 3. The smallest absolute Gasteiger partial charge is 0.244 e. The zero-order valence-corrected chi connectivity index (χ0v) is 18.2. The molecule has 0 radical (unpaired) electrons. The van der Waals surface area contributed by atoms with Crippen molar-refractivity contribution in [3.8, 4) is 0 Å². The summed E-state index contributed by atoms with van der Waals surface area (Å²) >= 11 is 7.76. The Bertz CT molecular complexity index is 1160. The maximum absolute atomic E-state index is 6.09. The first-order chi connectivity index (χ1) is 14.5. The number of hydrogen-bond acceptors (Lipinski definition) is 6. The van der Waals surface area contributed by atoms with Crippen LogP contribution < -0.4 is 5.73 Å². The van der Waals surface area contributed by atoms with Crippen LogP contribution in [0.3, 0.4) is 0 Å². The second-order valence-corrected chi connectivity index (χ2v) is 8.68. The number of nitrogens with two attached hydrogens (primary N) is 1. The van der Waals surface area contributed by atoms with E-state index in [-0.39, 0.29) is 5.25 Å². The van der Waals surface area contributed by atoms with E-state index in [1.165, 1.54) is 11.1 Å². The third-order valence-corrected chi connectivity index (χ3v) is 6.38. The van der Waals surface area contributed by atoms with Crippen LogP contribution in [0.5, 0.6) is 0 Å². The summed E-state index contributed by atoms with van der Waals surface area (Å²) in [5.74, 6) is 1.59. The van der Waals surface area contributed by atoms with E-state index < -0.39 is 0 Å². The van der Waals surface area contributed by atoms with Crippen molar-refractivity contribution in [2.75, 3.05) is 5.73 Å². The monoisotopic (exact) mass is 436 g/mol. The second kappa shape index (κ2) is 8.90. The molecule has 0 saturated heterocycles. The van der Waals surface area contributed by atoms with Crippen LogP contribution in [0.4, 0.5) is 5.82 Å². The third-order valence-electron chi connectivity index (χ3n) is 4.89. The van der Waals surface area contributed by atoms with E-state index >= 15 is 0 Å². The van der Waals surface area contributed by atoms with Gasteiger partial charge in [0.05, 0.1) is 0 Å². The minimum absolute atomic E-state index is 0.156. The highest BCUT2D eigenvalue weighted by Crippen LogP contribution is 2.40. The number of halogens is 1. The van der Waals surface area contributed by atoms with Gasteiger partial charge in [0.25, 0.3) is 0 Å². The van der Waals surface area contributed by atoms with Gasteiger partial charge in [0.15, 0.2) is 5.82 Å². The van der Waals surface area contributed by atoms with Crippen molar-refractivity contribution in [1.82, 2.24) is 15.1 Å². The van der Waals surface area contributed by atoms with Crippen molar-refractivity contribution in [2.45, 2.75) is 30.4 Å². The lowest BCUT2D eigenvalue weighted by molar-refractivity contribution is 0.378. The van der Waals surface area contributed by atoms with Gasteiger partial charge in [-0.3, -0.25) is 0 Å². The van der Waals surface area contributed by atoms with E-state index in [2.05, 4.69) is 47.2 Å². The number of aromatic nitrogens is 3. The molecule has 5 nitrogen and oxygen atoms in total. The van der Waals surface area contributed by atoms with Gasteiger partial charge in [-0.15, -0.1) is 11.8 Å². The summed E-state index contributed by atoms with van der Waals surface area (Å²) in [4.78, 5) is 9.92. The molecule has 0 amide bonds. The quantitative estimate of drug-likeness (QED) is 0.385. The van der Waals surface area contributed by atoms with Gasteiger partial charge in [-0.1, -0.05) is 41.0 Å². The van der Waals surface area contributed by atoms with E-state index in [0.717, 1.165) is 16.0 Å². The normalized spacial score (nSPS) is 12.1. The highest BCUT2D eigenvalue weighted by Gasteiger charge is 2.23. The fourth-order valence-corrected chi connectivity index (χ4v) is 4.32. The number of thioether (sulfide) groups is 1. The van der Waals surface area contributed by atoms with Crippen LogP contribution in [0.25, 0.3) is 0 Å². The fraction of sp³-hybridized carbons (Fsp3) is 0.174. The lowest BCUT2D eigenvalue weighted by atomic mass is 10.1. The minimum atomic E-state index is -0.156. The summed E-state index contributed by atoms with van der Waals surface area (Å²) < 4.78 is 5.67. The number of aryl methyl sites for hydroxylation is 2. The zero-order valence-electron chi connectivity index (χ0n) is 16.7. The Morgan fingerprint density at radius 2 is 1.87 bits per heavy atom. The van der Waals surface area contributed by atoms with Crippen LogP contribution in [0.15, 0.2) is 70.2 Å². The van der Waals surface area contributed by atoms with E-state index in [9.17, 15) is 0 Å². The molecule has 1 atom stereocenters. The summed E-state index contributed by atoms with van der Waals surface area (Å²) in [6, 6.07) is 17.9. The molecule has 2 aromatic carbocycles. The highest BCUT2D eigenvalue weighted by molar-refractivity contribution is 7.99. The van der Waals surface area contributed by atoms with Crippen LogP contribution in [0.1, 0.15) is 39.2 Å². The van der Waals surface area contributed by atoms with Gasteiger partial charge >= 0.3 is 0 Å². The van der Waals surface area contributed by atoms with Gasteiger partial charge in [-0.25, -0.2) is 4.98 Å². The van der Waals surface area contributed by atoms with Crippen molar-refractivity contribution in [1.29, 1.82) is 0 Å². The SMILES string of the molecule is Cc1ccc(SC(c2ccc(Cl)cc2)c2nc(Cc3cccnc3N)no2)cc1C. The maximum Gasteiger partial charge on any atom is 0.244 e. The number of benzene rings is 2. The minimum Gasteiger partial charge on any atom is -0.383 e. The topological polar surface area (TPSA) is 77.8 Å². The molecule has 0 aliphatic rings. The van der Waals surface area contributed by atoms with Crippen molar-refractivity contribution < 1.29 is 4.52 Å². The van der Waals surface area contributed by atoms with Crippen LogP contribution in [0.2, 0.25) is 5.02 Å². The van der Waals surface area contributed by atoms with Gasteiger partial charge < -0.3 is 10.3 Å². The molecular formula is C23H21ClN4OS. The van der Waals surface area contributed by atoms with Crippen molar-refractivity contribution in [3.63, 3.8) is 0 Å². The fourth-order valence-electron chi connectivity index (χ4n) is 3.04. The number of anilines is 1. The standard InChI is InChI=1S/C23H21ClN4OS/c1-14-5-10-19(12-15(14)2)30-21(16-6-8-18(24)9-7-16)23-27-20(28-29-23)13-17-4-3-11-26-22(17)25/h3-12,21H,13H2,1-2H3,(H2,25,26). The highest BCUT2D eigenvalue weighted by atomic mass is 35.5. The molecule has 0 fully saturated rings. The Hall–Kier alpha value is -2.83. The average molecular weight is 437 g/mol. The van der Waals surface area contributed by atoms with Crippen LogP contribution in [-0.2, 0) is 6.42 Å². The maximum atomic E-state index is 6.09. The molecule has 4 aromatic rings. The molecule has 2 N–H and O–H groups in total. The molecule has 30 heavy (non-hydrogen) atoms.